The number of methoxy groups -OCH3 is 1. The molecule has 2 heterocycles. The van der Waals surface area contributed by atoms with E-state index in [0.717, 1.165) is 12.0 Å². The lowest BCUT2D eigenvalue weighted by atomic mass is 10.1. The monoisotopic (exact) mass is 436 g/mol. The second-order valence-corrected chi connectivity index (χ2v) is 7.61. The molecule has 0 unspecified atom stereocenters. The van der Waals surface area contributed by atoms with Gasteiger partial charge in [0.05, 0.1) is 24.7 Å². The molecule has 11 nitrogen and oxygen atoms in total. The van der Waals surface area contributed by atoms with Crippen molar-refractivity contribution in [3.05, 3.63) is 36.2 Å². The minimum absolute atomic E-state index is 0.0180. The van der Waals surface area contributed by atoms with Crippen molar-refractivity contribution in [1.82, 2.24) is 30.5 Å². The molecule has 1 saturated carbocycles. The summed E-state index contributed by atoms with van der Waals surface area (Å²) in [7, 11) is 4.79. The Labute approximate surface area is 184 Å². The van der Waals surface area contributed by atoms with Crippen LogP contribution in [0.2, 0.25) is 0 Å². The molecule has 0 radical (unpaired) electrons. The Morgan fingerprint density at radius 1 is 1.22 bits per heavy atom. The van der Waals surface area contributed by atoms with Gasteiger partial charge in [0, 0.05) is 31.6 Å². The SMILES string of the molecule is CNC(=O)c1nnc(NC(=O)[C@H]2C[C@H]2C)cc1Nc1cccc(-c2cnn(C)n2)c1OC. The third-order valence-corrected chi connectivity index (χ3v) is 5.30. The minimum Gasteiger partial charge on any atom is -0.494 e. The van der Waals surface area contributed by atoms with Crippen LogP contribution in [0.5, 0.6) is 5.75 Å². The van der Waals surface area contributed by atoms with Crippen molar-refractivity contribution in [1.29, 1.82) is 0 Å². The third kappa shape index (κ3) is 4.22. The van der Waals surface area contributed by atoms with Gasteiger partial charge in [-0.1, -0.05) is 13.0 Å². The van der Waals surface area contributed by atoms with Gasteiger partial charge in [0.25, 0.3) is 5.91 Å². The lowest BCUT2D eigenvalue weighted by Gasteiger charge is -2.16. The molecule has 1 fully saturated rings. The van der Waals surface area contributed by atoms with Crippen molar-refractivity contribution < 1.29 is 14.3 Å². The first-order chi connectivity index (χ1) is 15.4. The van der Waals surface area contributed by atoms with Crippen LogP contribution < -0.4 is 20.7 Å². The van der Waals surface area contributed by atoms with Crippen LogP contribution in [-0.4, -0.2) is 51.2 Å². The lowest BCUT2D eigenvalue weighted by Crippen LogP contribution is -2.22. The summed E-state index contributed by atoms with van der Waals surface area (Å²) in [5.74, 6) is 0.595. The Morgan fingerprint density at radius 3 is 2.62 bits per heavy atom. The zero-order chi connectivity index (χ0) is 22.8. The average Bonchev–Trinajstić information content (AvgIpc) is 3.37. The Balaban J connectivity index is 1.70. The molecule has 166 valence electrons. The summed E-state index contributed by atoms with van der Waals surface area (Å²) in [5.41, 5.74) is 2.40. The molecule has 1 aromatic carbocycles. The normalized spacial score (nSPS) is 16.9. The molecule has 1 aliphatic carbocycles. The molecule has 2 amide bonds. The van der Waals surface area contributed by atoms with Crippen molar-refractivity contribution in [3.63, 3.8) is 0 Å². The fourth-order valence-corrected chi connectivity index (χ4v) is 3.41. The maximum Gasteiger partial charge on any atom is 0.273 e. The first-order valence-corrected chi connectivity index (χ1v) is 10.1. The van der Waals surface area contributed by atoms with Crippen LogP contribution in [0.1, 0.15) is 23.8 Å². The number of amides is 2. The predicted octanol–water partition coefficient (Wildman–Crippen LogP) is 1.98. The number of benzene rings is 1. The van der Waals surface area contributed by atoms with Crippen LogP contribution >= 0.6 is 0 Å². The fraction of sp³-hybridized carbons (Fsp3) is 0.333. The van der Waals surface area contributed by atoms with Gasteiger partial charge in [-0.3, -0.25) is 9.59 Å². The second-order valence-electron chi connectivity index (χ2n) is 7.61. The summed E-state index contributed by atoms with van der Waals surface area (Å²) < 4.78 is 5.64. The highest BCUT2D eigenvalue weighted by Crippen LogP contribution is 2.39. The van der Waals surface area contributed by atoms with E-state index < -0.39 is 5.91 Å². The number of ether oxygens (including phenoxy) is 1. The van der Waals surface area contributed by atoms with Crippen molar-refractivity contribution in [2.75, 3.05) is 24.8 Å². The highest BCUT2D eigenvalue weighted by Gasteiger charge is 2.39. The molecular weight excluding hydrogens is 412 g/mol. The largest absolute Gasteiger partial charge is 0.494 e. The van der Waals surface area contributed by atoms with Gasteiger partial charge in [-0.25, -0.2) is 0 Å². The zero-order valence-corrected chi connectivity index (χ0v) is 18.2. The standard InChI is InChI=1S/C21H24N8O3/c1-11-8-13(11)20(30)25-17-9-15(18(27-26-17)21(31)22-2)24-14-7-5-6-12(19(14)32-4)16-10-23-29(3)28-16/h5-7,9-11,13H,8H2,1-4H3,(H,22,31)(H2,24,25,26,30)/t11-,13+/m1/s1. The number of para-hydroxylation sites is 1. The summed E-state index contributed by atoms with van der Waals surface area (Å²) in [6, 6.07) is 7.08. The molecule has 1 aliphatic rings. The van der Waals surface area contributed by atoms with E-state index in [1.54, 1.807) is 32.5 Å². The van der Waals surface area contributed by atoms with Crippen molar-refractivity contribution in [3.8, 4) is 17.0 Å². The topological polar surface area (TPSA) is 136 Å². The number of hydrogen-bond donors (Lipinski definition) is 3. The van der Waals surface area contributed by atoms with Gasteiger partial charge in [-0.05, 0) is 24.5 Å². The summed E-state index contributed by atoms with van der Waals surface area (Å²) >= 11 is 0. The van der Waals surface area contributed by atoms with E-state index in [1.165, 1.54) is 11.8 Å². The number of anilines is 3. The Kier molecular flexibility index (Phi) is 5.71. The van der Waals surface area contributed by atoms with Crippen molar-refractivity contribution in [2.24, 2.45) is 18.9 Å². The van der Waals surface area contributed by atoms with Gasteiger partial charge in [0.1, 0.15) is 5.69 Å². The fourth-order valence-electron chi connectivity index (χ4n) is 3.41. The molecule has 11 heteroatoms. The summed E-state index contributed by atoms with van der Waals surface area (Å²) in [6.07, 6.45) is 2.49. The number of aromatic nitrogens is 5. The number of carbonyl (C=O) groups excluding carboxylic acids is 2. The molecule has 0 spiro atoms. The Bertz CT molecular complexity index is 1180. The van der Waals surface area contributed by atoms with Gasteiger partial charge in [-0.2, -0.15) is 15.0 Å². The van der Waals surface area contributed by atoms with E-state index >= 15 is 0 Å². The summed E-state index contributed by atoms with van der Waals surface area (Å²) in [4.78, 5) is 26.2. The van der Waals surface area contributed by atoms with Gasteiger partial charge in [-0.15, -0.1) is 10.2 Å². The Hall–Kier alpha value is -4.02. The van der Waals surface area contributed by atoms with E-state index in [9.17, 15) is 9.59 Å². The molecule has 3 aromatic rings. The van der Waals surface area contributed by atoms with Gasteiger partial charge < -0.3 is 20.7 Å². The third-order valence-electron chi connectivity index (χ3n) is 5.30. The van der Waals surface area contributed by atoms with Crippen LogP contribution in [0.15, 0.2) is 30.5 Å². The molecule has 0 saturated heterocycles. The van der Waals surface area contributed by atoms with Crippen LogP contribution in [0.25, 0.3) is 11.3 Å². The predicted molar refractivity (Wildman–Crippen MR) is 118 cm³/mol. The molecule has 0 bridgehead atoms. The van der Waals surface area contributed by atoms with E-state index in [0.29, 0.717) is 28.7 Å². The van der Waals surface area contributed by atoms with Crippen LogP contribution in [0.3, 0.4) is 0 Å². The average molecular weight is 436 g/mol. The van der Waals surface area contributed by atoms with E-state index in [2.05, 4.69) is 36.3 Å². The maximum absolute atomic E-state index is 12.4. The number of hydrogen-bond acceptors (Lipinski definition) is 8. The summed E-state index contributed by atoms with van der Waals surface area (Å²) in [5, 5.41) is 25.0. The quantitative estimate of drug-likeness (QED) is 0.511. The number of aryl methyl sites for hydroxylation is 1. The first kappa shape index (κ1) is 21.2. The second kappa shape index (κ2) is 8.61. The summed E-state index contributed by atoms with van der Waals surface area (Å²) in [6.45, 7) is 2.02. The van der Waals surface area contributed by atoms with Gasteiger partial charge in [0.15, 0.2) is 17.3 Å². The number of nitrogens with zero attached hydrogens (tertiary/aromatic N) is 5. The van der Waals surface area contributed by atoms with E-state index in [-0.39, 0.29) is 23.3 Å². The Morgan fingerprint density at radius 2 is 2.00 bits per heavy atom. The van der Waals surface area contributed by atoms with Gasteiger partial charge in [0.2, 0.25) is 5.91 Å². The number of nitrogens with one attached hydrogen (secondary N) is 3. The molecular formula is C21H24N8O3. The molecule has 3 N–H and O–H groups in total. The molecule has 0 aliphatic heterocycles. The number of rotatable bonds is 7. The van der Waals surface area contributed by atoms with E-state index in [1.807, 2.05) is 19.1 Å². The maximum atomic E-state index is 12.4. The van der Waals surface area contributed by atoms with Crippen LogP contribution in [0, 0.1) is 11.8 Å². The van der Waals surface area contributed by atoms with Crippen LogP contribution in [0.4, 0.5) is 17.2 Å². The lowest BCUT2D eigenvalue weighted by molar-refractivity contribution is -0.117. The number of carbonyl (C=O) groups is 2. The first-order valence-electron chi connectivity index (χ1n) is 10.1. The minimum atomic E-state index is -0.419. The van der Waals surface area contributed by atoms with E-state index in [4.69, 9.17) is 4.74 Å². The highest BCUT2D eigenvalue weighted by atomic mass is 16.5. The molecule has 4 rings (SSSR count). The van der Waals surface area contributed by atoms with Gasteiger partial charge >= 0.3 is 0 Å². The van der Waals surface area contributed by atoms with Crippen LogP contribution in [-0.2, 0) is 11.8 Å². The smallest absolute Gasteiger partial charge is 0.273 e. The molecule has 32 heavy (non-hydrogen) atoms. The van der Waals surface area contributed by atoms with Crippen molar-refractivity contribution in [2.45, 2.75) is 13.3 Å². The zero-order valence-electron chi connectivity index (χ0n) is 18.2. The molecule has 2 aromatic heterocycles. The van der Waals surface area contributed by atoms with Crippen molar-refractivity contribution >= 4 is 29.0 Å². The highest BCUT2D eigenvalue weighted by molar-refractivity contribution is 6.00. The molecule has 2 atom stereocenters.